The highest BCUT2D eigenvalue weighted by Gasteiger charge is 2.20. The summed E-state index contributed by atoms with van der Waals surface area (Å²) >= 11 is 0. The standard InChI is InChI=1S/C11H24N2O2S/c1-10(2)4-3-7-13-16(14,15)9-8-12-11-5-6-11/h10-13H,3-9H2,1-2H3. The first-order valence-corrected chi connectivity index (χ1v) is 7.85. The van der Waals surface area contributed by atoms with E-state index in [9.17, 15) is 8.42 Å². The van der Waals surface area contributed by atoms with Crippen LogP contribution in [0.1, 0.15) is 39.5 Å². The summed E-state index contributed by atoms with van der Waals surface area (Å²) < 4.78 is 25.7. The maximum atomic E-state index is 11.5. The topological polar surface area (TPSA) is 58.2 Å². The molecule has 0 atom stereocenters. The quantitative estimate of drug-likeness (QED) is 0.601. The van der Waals surface area contributed by atoms with Gasteiger partial charge in [-0.3, -0.25) is 0 Å². The van der Waals surface area contributed by atoms with E-state index in [1.807, 2.05) is 0 Å². The van der Waals surface area contributed by atoms with Crippen molar-refractivity contribution >= 4 is 10.0 Å². The number of hydrogen-bond donors (Lipinski definition) is 2. The molecule has 0 bridgehead atoms. The fraction of sp³-hybridized carbons (Fsp3) is 1.00. The molecule has 1 saturated carbocycles. The van der Waals surface area contributed by atoms with E-state index in [2.05, 4.69) is 23.9 Å². The van der Waals surface area contributed by atoms with E-state index in [4.69, 9.17) is 0 Å². The molecule has 0 aromatic carbocycles. The van der Waals surface area contributed by atoms with Gasteiger partial charge in [-0.05, 0) is 31.6 Å². The molecule has 96 valence electrons. The van der Waals surface area contributed by atoms with Crippen LogP contribution in [0.15, 0.2) is 0 Å². The summed E-state index contributed by atoms with van der Waals surface area (Å²) in [4.78, 5) is 0. The van der Waals surface area contributed by atoms with Crippen molar-refractivity contribution in [3.8, 4) is 0 Å². The van der Waals surface area contributed by atoms with Crippen LogP contribution in [0.5, 0.6) is 0 Å². The molecule has 0 amide bonds. The van der Waals surface area contributed by atoms with Crippen molar-refractivity contribution in [2.45, 2.75) is 45.6 Å². The summed E-state index contributed by atoms with van der Waals surface area (Å²) in [5, 5.41) is 3.20. The molecule has 0 saturated heterocycles. The summed E-state index contributed by atoms with van der Waals surface area (Å²) in [6.07, 6.45) is 4.39. The van der Waals surface area contributed by atoms with Crippen molar-refractivity contribution in [1.29, 1.82) is 0 Å². The van der Waals surface area contributed by atoms with Crippen molar-refractivity contribution in [3.63, 3.8) is 0 Å². The van der Waals surface area contributed by atoms with Gasteiger partial charge in [-0.2, -0.15) is 0 Å². The summed E-state index contributed by atoms with van der Waals surface area (Å²) in [5.41, 5.74) is 0. The highest BCUT2D eigenvalue weighted by atomic mass is 32.2. The lowest BCUT2D eigenvalue weighted by Crippen LogP contribution is -2.33. The first-order chi connectivity index (χ1) is 7.49. The lowest BCUT2D eigenvalue weighted by atomic mass is 10.1. The van der Waals surface area contributed by atoms with Gasteiger partial charge in [-0.25, -0.2) is 13.1 Å². The van der Waals surface area contributed by atoms with Gasteiger partial charge >= 0.3 is 0 Å². The molecule has 5 heteroatoms. The number of nitrogens with one attached hydrogen (secondary N) is 2. The highest BCUT2D eigenvalue weighted by molar-refractivity contribution is 7.89. The zero-order valence-corrected chi connectivity index (χ0v) is 11.1. The van der Waals surface area contributed by atoms with E-state index in [0.717, 1.165) is 12.8 Å². The molecule has 0 aromatic heterocycles. The maximum absolute atomic E-state index is 11.5. The van der Waals surface area contributed by atoms with Crippen LogP contribution in [0.25, 0.3) is 0 Å². The molecule has 1 aliphatic rings. The summed E-state index contributed by atoms with van der Waals surface area (Å²) in [6, 6.07) is 0.580. The SMILES string of the molecule is CC(C)CCCNS(=O)(=O)CCNC1CC1. The molecular formula is C11H24N2O2S. The Labute approximate surface area is 99.2 Å². The minimum Gasteiger partial charge on any atom is -0.313 e. The Morgan fingerprint density at radius 2 is 1.94 bits per heavy atom. The predicted octanol–water partition coefficient (Wildman–Crippen LogP) is 1.09. The van der Waals surface area contributed by atoms with Crippen molar-refractivity contribution in [2.75, 3.05) is 18.8 Å². The molecule has 0 aromatic rings. The lowest BCUT2D eigenvalue weighted by molar-refractivity contribution is 0.538. The molecule has 0 unspecified atom stereocenters. The van der Waals surface area contributed by atoms with Gasteiger partial charge in [0.2, 0.25) is 10.0 Å². The van der Waals surface area contributed by atoms with Crippen LogP contribution >= 0.6 is 0 Å². The molecule has 0 spiro atoms. The highest BCUT2D eigenvalue weighted by Crippen LogP contribution is 2.17. The monoisotopic (exact) mass is 248 g/mol. The fourth-order valence-electron chi connectivity index (χ4n) is 1.50. The van der Waals surface area contributed by atoms with Crippen LogP contribution < -0.4 is 10.0 Å². The molecular weight excluding hydrogens is 224 g/mol. The Hall–Kier alpha value is -0.130. The molecule has 0 radical (unpaired) electrons. The summed E-state index contributed by atoms with van der Waals surface area (Å²) in [6.45, 7) is 5.44. The third-order valence-electron chi connectivity index (χ3n) is 2.66. The van der Waals surface area contributed by atoms with E-state index in [0.29, 0.717) is 25.0 Å². The lowest BCUT2D eigenvalue weighted by Gasteiger charge is -2.08. The zero-order chi connectivity index (χ0) is 12.0. The molecule has 2 N–H and O–H groups in total. The van der Waals surface area contributed by atoms with Crippen LogP contribution in [0.2, 0.25) is 0 Å². The molecule has 0 aliphatic heterocycles. The Morgan fingerprint density at radius 1 is 1.25 bits per heavy atom. The van der Waals surface area contributed by atoms with Crippen molar-refractivity contribution in [3.05, 3.63) is 0 Å². The van der Waals surface area contributed by atoms with Gasteiger partial charge in [-0.1, -0.05) is 13.8 Å². The predicted molar refractivity (Wildman–Crippen MR) is 66.9 cm³/mol. The Balaban J connectivity index is 2.03. The maximum Gasteiger partial charge on any atom is 0.212 e. The average molecular weight is 248 g/mol. The van der Waals surface area contributed by atoms with E-state index < -0.39 is 10.0 Å². The fourth-order valence-corrected chi connectivity index (χ4v) is 2.48. The average Bonchev–Trinajstić information content (AvgIpc) is 2.96. The van der Waals surface area contributed by atoms with E-state index in [1.54, 1.807) is 0 Å². The van der Waals surface area contributed by atoms with E-state index >= 15 is 0 Å². The Morgan fingerprint density at radius 3 is 2.50 bits per heavy atom. The van der Waals surface area contributed by atoms with Crippen LogP contribution in [-0.2, 0) is 10.0 Å². The van der Waals surface area contributed by atoms with Crippen LogP contribution in [-0.4, -0.2) is 33.3 Å². The Bertz CT molecular complexity index is 284. The first kappa shape index (κ1) is 13.9. The largest absolute Gasteiger partial charge is 0.313 e. The van der Waals surface area contributed by atoms with Crippen molar-refractivity contribution < 1.29 is 8.42 Å². The first-order valence-electron chi connectivity index (χ1n) is 6.20. The number of rotatable bonds is 9. The zero-order valence-electron chi connectivity index (χ0n) is 10.3. The van der Waals surface area contributed by atoms with Crippen LogP contribution in [0.3, 0.4) is 0 Å². The third kappa shape index (κ3) is 7.19. The van der Waals surface area contributed by atoms with Gasteiger partial charge in [0.05, 0.1) is 5.75 Å². The van der Waals surface area contributed by atoms with Gasteiger partial charge in [-0.15, -0.1) is 0 Å². The normalized spacial score (nSPS) is 16.9. The second kappa shape index (κ2) is 6.57. The van der Waals surface area contributed by atoms with Gasteiger partial charge < -0.3 is 5.32 Å². The number of sulfonamides is 1. The van der Waals surface area contributed by atoms with E-state index in [1.165, 1.54) is 12.8 Å². The van der Waals surface area contributed by atoms with Gasteiger partial charge in [0.15, 0.2) is 0 Å². The molecule has 0 heterocycles. The van der Waals surface area contributed by atoms with E-state index in [-0.39, 0.29) is 5.75 Å². The third-order valence-corrected chi connectivity index (χ3v) is 4.05. The van der Waals surface area contributed by atoms with Crippen molar-refractivity contribution in [1.82, 2.24) is 10.0 Å². The van der Waals surface area contributed by atoms with Crippen LogP contribution in [0, 0.1) is 5.92 Å². The Kier molecular flexibility index (Phi) is 5.72. The summed E-state index contributed by atoms with van der Waals surface area (Å²) in [5.74, 6) is 0.839. The van der Waals surface area contributed by atoms with Crippen molar-refractivity contribution in [2.24, 2.45) is 5.92 Å². The van der Waals surface area contributed by atoms with Crippen LogP contribution in [0.4, 0.5) is 0 Å². The molecule has 1 rings (SSSR count). The minimum absolute atomic E-state index is 0.200. The van der Waals surface area contributed by atoms with Gasteiger partial charge in [0, 0.05) is 19.1 Å². The summed E-state index contributed by atoms with van der Waals surface area (Å²) in [7, 11) is -3.06. The molecule has 1 aliphatic carbocycles. The second-order valence-electron chi connectivity index (χ2n) is 4.98. The smallest absolute Gasteiger partial charge is 0.212 e. The molecule has 16 heavy (non-hydrogen) atoms. The minimum atomic E-state index is -3.06. The van der Waals surface area contributed by atoms with Gasteiger partial charge in [0.25, 0.3) is 0 Å². The second-order valence-corrected chi connectivity index (χ2v) is 6.90. The molecule has 4 nitrogen and oxygen atoms in total. The number of hydrogen-bond acceptors (Lipinski definition) is 3. The van der Waals surface area contributed by atoms with Gasteiger partial charge in [0.1, 0.15) is 0 Å². The molecule has 1 fully saturated rings.